The van der Waals surface area contributed by atoms with Gasteiger partial charge in [0.1, 0.15) is 0 Å². The molecule has 0 spiro atoms. The van der Waals surface area contributed by atoms with Crippen molar-refractivity contribution in [2.24, 2.45) is 0 Å². The van der Waals surface area contributed by atoms with E-state index in [0.717, 1.165) is 22.3 Å². The lowest BCUT2D eigenvalue weighted by Gasteiger charge is -2.24. The summed E-state index contributed by atoms with van der Waals surface area (Å²) in [6.45, 7) is 6.03. The molecule has 0 radical (unpaired) electrons. The topological polar surface area (TPSA) is 61.4 Å². The van der Waals surface area contributed by atoms with Crippen molar-refractivity contribution in [3.63, 3.8) is 0 Å². The number of benzene rings is 9. The Balaban J connectivity index is 1.05. The van der Waals surface area contributed by atoms with Crippen LogP contribution in [-0.2, 0) is 6.18 Å². The molecule has 15 aromatic rings. The van der Waals surface area contributed by atoms with E-state index in [2.05, 4.69) is 6.58 Å². The number of pyridine rings is 4. The Morgan fingerprint density at radius 2 is 0.698 bits per heavy atom. The zero-order chi connectivity index (χ0) is 65.9. The molecule has 0 aliphatic carbocycles. The molecule has 6 heterocycles. The minimum Gasteiger partial charge on any atom is -0.309 e. The average molecular weight is 1270 g/mol. The van der Waals surface area contributed by atoms with Crippen molar-refractivity contribution in [2.75, 3.05) is 0 Å². The van der Waals surface area contributed by atoms with Gasteiger partial charge in [0, 0.05) is 66.2 Å². The number of hydrogen-bond donors (Lipinski definition) is 0. The van der Waals surface area contributed by atoms with Gasteiger partial charge in [0.15, 0.2) is 23.3 Å². The van der Waals surface area contributed by atoms with Gasteiger partial charge in [-0.3, -0.25) is 0 Å². The summed E-state index contributed by atoms with van der Waals surface area (Å²) in [5.41, 5.74) is 6.73. The van der Waals surface area contributed by atoms with Crippen LogP contribution >= 0.6 is 0 Å². The molecule has 0 unspecified atom stereocenters. The summed E-state index contributed by atoms with van der Waals surface area (Å²) in [5.74, 6) is -11.6. The Morgan fingerprint density at radius 3 is 1.09 bits per heavy atom. The van der Waals surface area contributed by atoms with Gasteiger partial charge in [-0.25, -0.2) is 41.9 Å². The smallest absolute Gasteiger partial charge is 0.309 e. The largest absolute Gasteiger partial charge is 0.416 e. The van der Waals surface area contributed by atoms with Gasteiger partial charge < -0.3 is 9.13 Å². The van der Waals surface area contributed by atoms with Gasteiger partial charge in [0.2, 0.25) is 5.82 Å². The molecule has 96 heavy (non-hydrogen) atoms. The number of nitrogens with zero attached hydrogens (tertiary/aromatic N) is 6. The van der Waals surface area contributed by atoms with Crippen LogP contribution in [0.25, 0.3) is 152 Å². The van der Waals surface area contributed by atoms with Crippen LogP contribution < -0.4 is 0 Å². The van der Waals surface area contributed by atoms with Crippen molar-refractivity contribution in [1.29, 1.82) is 0 Å². The molecular formula is C82H50F8N6. The second kappa shape index (κ2) is 24.4. The van der Waals surface area contributed by atoms with Crippen LogP contribution in [0.15, 0.2) is 267 Å². The van der Waals surface area contributed by atoms with Crippen LogP contribution in [0, 0.1) is 29.1 Å². The van der Waals surface area contributed by atoms with Crippen LogP contribution in [0.2, 0.25) is 0 Å². The fourth-order valence-corrected chi connectivity index (χ4v) is 12.7. The van der Waals surface area contributed by atoms with Gasteiger partial charge in [-0.05, 0) is 122 Å². The van der Waals surface area contributed by atoms with Crippen LogP contribution in [-0.4, -0.2) is 29.1 Å². The summed E-state index contributed by atoms with van der Waals surface area (Å²) < 4.78 is 135. The maximum absolute atomic E-state index is 17.6. The van der Waals surface area contributed by atoms with Crippen LogP contribution in [0.4, 0.5) is 35.1 Å². The number of fused-ring (bicyclic) bond motifs is 4. The fraction of sp³-hybridized carbons (Fsp3) is 0.0244. The monoisotopic (exact) mass is 1270 g/mol. The number of alkyl halides is 3. The Kier molecular flexibility index (Phi) is 15.3. The van der Waals surface area contributed by atoms with E-state index in [1.54, 1.807) is 48.5 Å². The first-order chi connectivity index (χ1) is 46.7. The number of allylic oxidation sites excluding steroid dienone is 1. The maximum Gasteiger partial charge on any atom is 0.416 e. The molecule has 0 amide bonds. The molecule has 0 N–H and O–H groups in total. The molecule has 0 bridgehead atoms. The Labute approximate surface area is 545 Å². The minimum atomic E-state index is -5.21. The summed E-state index contributed by atoms with van der Waals surface area (Å²) in [7, 11) is 0. The maximum atomic E-state index is 17.6. The van der Waals surface area contributed by atoms with Gasteiger partial charge in [-0.2, -0.15) is 13.2 Å². The molecule has 464 valence electrons. The molecule has 0 atom stereocenters. The average Bonchev–Trinajstić information content (AvgIpc) is 1.47. The fourth-order valence-electron chi connectivity index (χ4n) is 12.7. The lowest BCUT2D eigenvalue weighted by atomic mass is 9.96. The summed E-state index contributed by atoms with van der Waals surface area (Å²) in [4.78, 5) is 20.1. The predicted molar refractivity (Wildman–Crippen MR) is 367 cm³/mol. The lowest BCUT2D eigenvalue weighted by Crippen LogP contribution is -2.14. The second-order valence-electron chi connectivity index (χ2n) is 23.1. The number of halogens is 8. The van der Waals surface area contributed by atoms with Crippen molar-refractivity contribution in [1.82, 2.24) is 29.1 Å². The van der Waals surface area contributed by atoms with Crippen molar-refractivity contribution >= 4 is 50.4 Å². The summed E-state index contributed by atoms with van der Waals surface area (Å²) in [5, 5.41) is 1.25. The zero-order valence-corrected chi connectivity index (χ0v) is 50.9. The van der Waals surface area contributed by atoms with E-state index in [9.17, 15) is 0 Å². The highest BCUT2D eigenvalue weighted by atomic mass is 19.4. The molecule has 9 aromatic carbocycles. The Hall–Kier alpha value is -12.2. The van der Waals surface area contributed by atoms with E-state index < -0.39 is 63.3 Å². The molecule has 6 nitrogen and oxygen atoms in total. The van der Waals surface area contributed by atoms with E-state index in [-0.39, 0.29) is 22.2 Å². The second-order valence-corrected chi connectivity index (χ2v) is 23.1. The Morgan fingerprint density at radius 1 is 0.354 bits per heavy atom. The molecular weight excluding hydrogens is 1220 g/mol. The highest BCUT2D eigenvalue weighted by Crippen LogP contribution is 2.49. The molecule has 0 fully saturated rings. The van der Waals surface area contributed by atoms with E-state index in [1.807, 2.05) is 213 Å². The van der Waals surface area contributed by atoms with Gasteiger partial charge >= 0.3 is 6.18 Å². The molecule has 0 aliphatic heterocycles. The lowest BCUT2D eigenvalue weighted by molar-refractivity contribution is -0.137. The first-order valence-electron chi connectivity index (χ1n) is 30.7. The molecule has 15 rings (SSSR count). The van der Waals surface area contributed by atoms with E-state index in [0.29, 0.717) is 102 Å². The number of rotatable bonds is 13. The van der Waals surface area contributed by atoms with Crippen molar-refractivity contribution in [2.45, 2.75) is 13.1 Å². The number of aromatic nitrogens is 6. The normalized spacial score (nSPS) is 11.9. The van der Waals surface area contributed by atoms with Crippen molar-refractivity contribution < 1.29 is 35.1 Å². The minimum absolute atomic E-state index is 0.0917. The zero-order valence-electron chi connectivity index (χ0n) is 50.9. The summed E-state index contributed by atoms with van der Waals surface area (Å²) in [6, 6.07) is 77.1. The van der Waals surface area contributed by atoms with Gasteiger partial charge in [-0.1, -0.05) is 170 Å². The first-order valence-corrected chi connectivity index (χ1v) is 30.7. The van der Waals surface area contributed by atoms with Crippen LogP contribution in [0.1, 0.15) is 29.4 Å². The van der Waals surface area contributed by atoms with E-state index in [1.165, 1.54) is 15.2 Å². The summed E-state index contributed by atoms with van der Waals surface area (Å²) in [6.07, 6.45) is -2.04. The van der Waals surface area contributed by atoms with Crippen LogP contribution in [0.5, 0.6) is 0 Å². The molecule has 0 aliphatic rings. The predicted octanol–water partition coefficient (Wildman–Crippen LogP) is 22.6. The van der Waals surface area contributed by atoms with Crippen molar-refractivity contribution in [3.8, 4) is 101 Å². The van der Waals surface area contributed by atoms with Crippen LogP contribution in [0.3, 0.4) is 0 Å². The quantitative estimate of drug-likeness (QED) is 0.0656. The summed E-state index contributed by atoms with van der Waals surface area (Å²) >= 11 is 0. The molecule has 0 saturated heterocycles. The highest BCUT2D eigenvalue weighted by molar-refractivity contribution is 6.13. The standard InChI is InChI=1S/C82H50F8N6/c1-3-69-57(42-48(2)61-28-16-29-62(91-61)49-20-8-4-9-21-49)58-43-53(66-33-17-30-63(92-66)50-22-10-5-11-23-50)36-39-70(58)95(69)73-46-56(82(88,89)90)47-74(75(73)76-77(83)79(85)81(87)80(86)78(76)84)96-71-40-37-54(67-34-18-31-64(93-67)51-24-12-6-13-25-51)44-59(71)60-45-55(38-41-72(60)96)68-35-19-32-65(94-68)52-26-14-7-15-27-52/h3-47H,1H2,2H3/b48-42+. The third-order valence-electron chi connectivity index (χ3n) is 17.3. The molecule has 6 aromatic heterocycles. The SMILES string of the molecule is C=Cc1c(/C=C(\C)c2cccc(-c3ccccc3)n2)c2cc(-c3cccc(-c4ccccc4)n3)ccc2n1-c1cc(C(F)(F)F)cc(-n2c3ccc(-c4cccc(-c5ccccc5)n4)cc3c3cc(-c4cccc(-c5ccccc5)n4)ccc32)c1-c1c(F)c(F)c(F)c(F)c1F. The van der Waals surface area contributed by atoms with Gasteiger partial charge in [0.25, 0.3) is 0 Å². The Bertz CT molecular complexity index is 5440. The van der Waals surface area contributed by atoms with E-state index >= 15 is 35.1 Å². The number of hydrogen-bond acceptors (Lipinski definition) is 4. The van der Waals surface area contributed by atoms with Gasteiger partial charge in [-0.15, -0.1) is 0 Å². The molecule has 0 saturated carbocycles. The van der Waals surface area contributed by atoms with Gasteiger partial charge in [0.05, 0.1) is 90.3 Å². The van der Waals surface area contributed by atoms with Crippen molar-refractivity contribution in [3.05, 3.63) is 319 Å². The highest BCUT2D eigenvalue weighted by Gasteiger charge is 2.38. The third-order valence-corrected chi connectivity index (χ3v) is 17.3. The third kappa shape index (κ3) is 10.8. The first kappa shape index (κ1) is 60.1. The molecule has 14 heteroatoms. The van der Waals surface area contributed by atoms with E-state index in [4.69, 9.17) is 19.9 Å².